The fraction of sp³-hybridized carbons (Fsp3) is 0.533. The Morgan fingerprint density at radius 2 is 2.24 bits per heavy atom. The highest BCUT2D eigenvalue weighted by atomic mass is 127. The maximum atomic E-state index is 5.64. The van der Waals surface area contributed by atoms with Gasteiger partial charge in [-0.3, -0.25) is 4.99 Å². The highest BCUT2D eigenvalue weighted by Gasteiger charge is 2.23. The number of nitrogens with one attached hydrogen (secondary N) is 1. The molecule has 2 aliphatic heterocycles. The third kappa shape index (κ3) is 3.87. The maximum absolute atomic E-state index is 5.64. The van der Waals surface area contributed by atoms with Crippen LogP contribution in [0, 0.1) is 0 Å². The van der Waals surface area contributed by atoms with E-state index in [1.54, 1.807) is 0 Å². The van der Waals surface area contributed by atoms with Gasteiger partial charge in [-0.05, 0) is 18.1 Å². The summed E-state index contributed by atoms with van der Waals surface area (Å²) < 4.78 is 11.1. The Balaban J connectivity index is 0.00000161. The van der Waals surface area contributed by atoms with Gasteiger partial charge >= 0.3 is 0 Å². The Hall–Kier alpha value is -0.860. The van der Waals surface area contributed by atoms with Crippen molar-refractivity contribution < 1.29 is 9.47 Å². The van der Waals surface area contributed by atoms with Gasteiger partial charge < -0.3 is 19.7 Å². The number of hydrogen-bond donors (Lipinski definition) is 1. The van der Waals surface area contributed by atoms with Gasteiger partial charge in [0, 0.05) is 25.8 Å². The molecule has 0 saturated carbocycles. The number of fused-ring (bicyclic) bond motifs is 1. The third-order valence-electron chi connectivity index (χ3n) is 3.73. The fourth-order valence-electron chi connectivity index (χ4n) is 2.71. The van der Waals surface area contributed by atoms with Crippen LogP contribution < -0.4 is 10.2 Å². The van der Waals surface area contributed by atoms with Crippen molar-refractivity contribution in [2.45, 2.75) is 12.5 Å². The van der Waals surface area contributed by atoms with Crippen molar-refractivity contribution in [2.24, 2.45) is 4.99 Å². The van der Waals surface area contributed by atoms with Crippen molar-refractivity contribution in [3.05, 3.63) is 29.8 Å². The van der Waals surface area contributed by atoms with Gasteiger partial charge in [0.25, 0.3) is 0 Å². The van der Waals surface area contributed by atoms with Crippen molar-refractivity contribution >= 4 is 35.6 Å². The number of hydrogen-bond acceptors (Lipinski definition) is 3. The molecule has 1 aromatic carbocycles. The normalized spacial score (nSPS) is 21.7. The largest absolute Gasteiger partial charge is 0.376 e. The Morgan fingerprint density at radius 1 is 1.38 bits per heavy atom. The lowest BCUT2D eigenvalue weighted by atomic mass is 10.2. The number of guanidine groups is 1. The summed E-state index contributed by atoms with van der Waals surface area (Å²) in [4.78, 5) is 6.62. The Bertz CT molecular complexity index is 490. The van der Waals surface area contributed by atoms with Crippen LogP contribution in [0.15, 0.2) is 29.3 Å². The average Bonchev–Trinajstić information content (AvgIpc) is 2.93. The summed E-state index contributed by atoms with van der Waals surface area (Å²) >= 11 is 0. The first-order valence-electron chi connectivity index (χ1n) is 7.14. The molecular formula is C15H22IN3O2. The van der Waals surface area contributed by atoms with E-state index in [0.29, 0.717) is 19.8 Å². The molecule has 1 unspecified atom stereocenters. The number of nitrogens with zero attached hydrogens (tertiary/aromatic N) is 2. The molecule has 2 heterocycles. The topological polar surface area (TPSA) is 46.1 Å². The van der Waals surface area contributed by atoms with E-state index in [1.807, 2.05) is 7.05 Å². The molecule has 6 heteroatoms. The Morgan fingerprint density at radius 3 is 3.00 bits per heavy atom. The number of halogens is 1. The van der Waals surface area contributed by atoms with Crippen molar-refractivity contribution in [2.75, 3.05) is 44.9 Å². The summed E-state index contributed by atoms with van der Waals surface area (Å²) in [6, 6.07) is 8.49. The molecular weight excluding hydrogens is 381 g/mol. The van der Waals surface area contributed by atoms with Gasteiger partial charge in [-0.25, -0.2) is 0 Å². The molecule has 1 fully saturated rings. The summed E-state index contributed by atoms with van der Waals surface area (Å²) in [6.45, 7) is 3.73. The summed E-state index contributed by atoms with van der Waals surface area (Å²) in [5.41, 5.74) is 2.63. The van der Waals surface area contributed by atoms with Crippen molar-refractivity contribution in [1.29, 1.82) is 0 Å². The molecule has 21 heavy (non-hydrogen) atoms. The van der Waals surface area contributed by atoms with E-state index >= 15 is 0 Å². The van der Waals surface area contributed by atoms with Crippen LogP contribution >= 0.6 is 24.0 Å². The number of ether oxygens (including phenoxy) is 2. The molecule has 0 radical (unpaired) electrons. The molecule has 0 amide bonds. The van der Waals surface area contributed by atoms with E-state index in [-0.39, 0.29) is 30.1 Å². The first-order valence-corrected chi connectivity index (χ1v) is 7.14. The van der Waals surface area contributed by atoms with Crippen LogP contribution in [0.1, 0.15) is 5.56 Å². The second-order valence-electron chi connectivity index (χ2n) is 5.03. The smallest absolute Gasteiger partial charge is 0.198 e. The molecule has 1 saturated heterocycles. The zero-order chi connectivity index (χ0) is 13.8. The fourth-order valence-corrected chi connectivity index (χ4v) is 2.71. The predicted octanol–water partition coefficient (Wildman–Crippen LogP) is 1.66. The summed E-state index contributed by atoms with van der Waals surface area (Å²) in [7, 11) is 1.82. The molecule has 0 aromatic heterocycles. The van der Waals surface area contributed by atoms with Gasteiger partial charge in [-0.1, -0.05) is 18.2 Å². The van der Waals surface area contributed by atoms with Crippen molar-refractivity contribution in [3.8, 4) is 0 Å². The van der Waals surface area contributed by atoms with Gasteiger partial charge in [0.15, 0.2) is 5.96 Å². The molecule has 3 rings (SSSR count). The number of para-hydroxylation sites is 1. The zero-order valence-corrected chi connectivity index (χ0v) is 14.6. The van der Waals surface area contributed by atoms with Gasteiger partial charge in [0.1, 0.15) is 0 Å². The van der Waals surface area contributed by atoms with E-state index < -0.39 is 0 Å². The van der Waals surface area contributed by atoms with Crippen LogP contribution in [0.5, 0.6) is 0 Å². The highest BCUT2D eigenvalue weighted by Crippen LogP contribution is 2.27. The van der Waals surface area contributed by atoms with E-state index in [2.05, 4.69) is 39.5 Å². The monoisotopic (exact) mass is 403 g/mol. The molecule has 2 aliphatic rings. The summed E-state index contributed by atoms with van der Waals surface area (Å²) in [5, 5.41) is 3.39. The Labute approximate surface area is 142 Å². The first kappa shape index (κ1) is 16.5. The molecule has 1 atom stereocenters. The highest BCUT2D eigenvalue weighted by molar-refractivity contribution is 14.0. The minimum absolute atomic E-state index is 0. The standard InChI is InChI=1S/C15H21N3O2.HI/c1-16-15(17-10-13-11-19-8-9-20-13)18-7-6-12-4-2-3-5-14(12)18;/h2-5,13H,6-11H2,1H3,(H,16,17);1H. The third-order valence-corrected chi connectivity index (χ3v) is 3.73. The second-order valence-corrected chi connectivity index (χ2v) is 5.03. The second kappa shape index (κ2) is 7.95. The zero-order valence-electron chi connectivity index (χ0n) is 12.2. The van der Waals surface area contributed by atoms with Crippen LogP contribution in [0.4, 0.5) is 5.69 Å². The summed E-state index contributed by atoms with van der Waals surface area (Å²) in [5.74, 6) is 0.907. The SMILES string of the molecule is CN=C(NCC1COCCO1)N1CCc2ccccc21.I. The molecule has 0 aliphatic carbocycles. The van der Waals surface area contributed by atoms with Gasteiger partial charge in [0.05, 0.1) is 25.9 Å². The number of rotatable bonds is 2. The molecule has 1 N–H and O–H groups in total. The van der Waals surface area contributed by atoms with Crippen LogP contribution in [0.2, 0.25) is 0 Å². The number of anilines is 1. The van der Waals surface area contributed by atoms with Crippen LogP contribution in [-0.2, 0) is 15.9 Å². The lowest BCUT2D eigenvalue weighted by Gasteiger charge is -2.27. The van der Waals surface area contributed by atoms with E-state index in [0.717, 1.165) is 25.5 Å². The van der Waals surface area contributed by atoms with Crippen molar-refractivity contribution in [3.63, 3.8) is 0 Å². The van der Waals surface area contributed by atoms with Crippen LogP contribution in [0.25, 0.3) is 0 Å². The maximum Gasteiger partial charge on any atom is 0.198 e. The van der Waals surface area contributed by atoms with Gasteiger partial charge in [-0.15, -0.1) is 24.0 Å². The predicted molar refractivity (Wildman–Crippen MR) is 94.8 cm³/mol. The Kier molecular flexibility index (Phi) is 6.25. The van der Waals surface area contributed by atoms with Crippen LogP contribution in [0.3, 0.4) is 0 Å². The summed E-state index contributed by atoms with van der Waals surface area (Å²) in [6.07, 6.45) is 1.18. The van der Waals surface area contributed by atoms with E-state index in [9.17, 15) is 0 Å². The lowest BCUT2D eigenvalue weighted by molar-refractivity contribution is -0.0850. The molecule has 1 aromatic rings. The molecule has 5 nitrogen and oxygen atoms in total. The minimum atomic E-state index is 0. The van der Waals surface area contributed by atoms with Gasteiger partial charge in [0.2, 0.25) is 0 Å². The average molecular weight is 403 g/mol. The first-order chi connectivity index (χ1) is 9.88. The molecule has 116 valence electrons. The van der Waals surface area contributed by atoms with E-state index in [1.165, 1.54) is 11.3 Å². The number of aliphatic imine (C=N–C) groups is 1. The number of benzene rings is 1. The molecule has 0 spiro atoms. The molecule has 0 bridgehead atoms. The van der Waals surface area contributed by atoms with E-state index in [4.69, 9.17) is 9.47 Å². The minimum Gasteiger partial charge on any atom is -0.376 e. The quantitative estimate of drug-likeness (QED) is 0.464. The lowest BCUT2D eigenvalue weighted by Crippen LogP contribution is -2.46. The van der Waals surface area contributed by atoms with Gasteiger partial charge in [-0.2, -0.15) is 0 Å². The van der Waals surface area contributed by atoms with Crippen molar-refractivity contribution in [1.82, 2.24) is 5.32 Å². The van der Waals surface area contributed by atoms with Crippen LogP contribution in [-0.4, -0.2) is 52.0 Å².